The maximum Gasteiger partial charge on any atom is 0.257 e. The Morgan fingerprint density at radius 1 is 1.21 bits per heavy atom. The van der Waals surface area contributed by atoms with Gasteiger partial charge in [0.25, 0.3) is 5.91 Å². The topological polar surface area (TPSA) is 88.2 Å². The van der Waals surface area contributed by atoms with E-state index in [4.69, 9.17) is 0 Å². The summed E-state index contributed by atoms with van der Waals surface area (Å²) in [4.78, 5) is 39.0. The number of imide groups is 1. The van der Waals surface area contributed by atoms with E-state index in [0.29, 0.717) is 17.7 Å². The summed E-state index contributed by atoms with van der Waals surface area (Å²) in [5.74, 6) is -0.975. The van der Waals surface area contributed by atoms with Crippen LogP contribution in [0.3, 0.4) is 0 Å². The molecular weight excluding hydrogens is 306 g/mol. The minimum Gasteiger partial charge on any atom is -0.322 e. The lowest BCUT2D eigenvalue weighted by atomic mass is 9.98. The number of anilines is 1. The van der Waals surface area contributed by atoms with Crippen molar-refractivity contribution in [3.63, 3.8) is 0 Å². The van der Waals surface area contributed by atoms with Gasteiger partial charge in [-0.15, -0.1) is 0 Å². The Balaban J connectivity index is 1.62. The second kappa shape index (κ2) is 6.62. The molecule has 2 N–H and O–H groups in total. The number of hydrogen-bond donors (Lipinski definition) is 2. The van der Waals surface area contributed by atoms with Crippen LogP contribution in [0.5, 0.6) is 0 Å². The van der Waals surface area contributed by atoms with Crippen LogP contribution < -0.4 is 10.6 Å². The highest BCUT2D eigenvalue weighted by molar-refractivity contribution is 6.04. The van der Waals surface area contributed by atoms with Crippen molar-refractivity contribution in [2.24, 2.45) is 5.92 Å². The quantitative estimate of drug-likeness (QED) is 0.841. The van der Waals surface area contributed by atoms with E-state index in [1.54, 1.807) is 24.3 Å². The van der Waals surface area contributed by atoms with Crippen molar-refractivity contribution in [2.75, 3.05) is 5.32 Å². The van der Waals surface area contributed by atoms with E-state index in [0.717, 1.165) is 11.3 Å². The molecular formula is C18H17N3O3. The molecule has 24 heavy (non-hydrogen) atoms. The highest BCUT2D eigenvalue weighted by atomic mass is 16.2. The van der Waals surface area contributed by atoms with Gasteiger partial charge < -0.3 is 5.32 Å². The molecule has 2 heterocycles. The van der Waals surface area contributed by atoms with Gasteiger partial charge in [-0.05, 0) is 43.2 Å². The molecule has 1 aliphatic rings. The molecule has 0 radical (unpaired) electrons. The summed E-state index contributed by atoms with van der Waals surface area (Å²) in [6.07, 6.45) is 2.28. The molecule has 6 heteroatoms. The molecule has 1 aliphatic heterocycles. The van der Waals surface area contributed by atoms with Crippen LogP contribution in [-0.4, -0.2) is 22.7 Å². The van der Waals surface area contributed by atoms with Crippen molar-refractivity contribution in [1.82, 2.24) is 10.3 Å². The van der Waals surface area contributed by atoms with Gasteiger partial charge in [0.15, 0.2) is 0 Å². The van der Waals surface area contributed by atoms with Crippen LogP contribution in [0.15, 0.2) is 42.6 Å². The number of nitrogens with one attached hydrogen (secondary N) is 2. The Morgan fingerprint density at radius 3 is 2.54 bits per heavy atom. The van der Waals surface area contributed by atoms with E-state index >= 15 is 0 Å². The highest BCUT2D eigenvalue weighted by Gasteiger charge is 2.30. The van der Waals surface area contributed by atoms with Crippen LogP contribution >= 0.6 is 0 Å². The minimum atomic E-state index is -0.309. The lowest BCUT2D eigenvalue weighted by Gasteiger charge is -2.08. The average Bonchev–Trinajstić information content (AvgIpc) is 2.87. The first-order chi connectivity index (χ1) is 11.5. The highest BCUT2D eigenvalue weighted by Crippen LogP contribution is 2.19. The van der Waals surface area contributed by atoms with E-state index < -0.39 is 0 Å². The third-order valence-electron chi connectivity index (χ3n) is 3.93. The number of rotatable bonds is 4. The molecule has 3 amide bonds. The van der Waals surface area contributed by atoms with Gasteiger partial charge in [0.05, 0.1) is 11.5 Å². The van der Waals surface area contributed by atoms with Gasteiger partial charge in [-0.25, -0.2) is 0 Å². The fraction of sp³-hybridized carbons (Fsp3) is 0.222. The number of amides is 3. The summed E-state index contributed by atoms with van der Waals surface area (Å²) < 4.78 is 0. The van der Waals surface area contributed by atoms with Gasteiger partial charge in [-0.1, -0.05) is 12.1 Å². The van der Waals surface area contributed by atoms with Gasteiger partial charge >= 0.3 is 0 Å². The summed E-state index contributed by atoms with van der Waals surface area (Å²) >= 11 is 0. The molecule has 6 nitrogen and oxygen atoms in total. The summed E-state index contributed by atoms with van der Waals surface area (Å²) in [6, 6.07) is 10.8. The summed E-state index contributed by atoms with van der Waals surface area (Å²) in [7, 11) is 0. The maximum absolute atomic E-state index is 12.1. The lowest BCUT2D eigenvalue weighted by Crippen LogP contribution is -2.22. The Morgan fingerprint density at radius 2 is 1.96 bits per heavy atom. The van der Waals surface area contributed by atoms with Gasteiger partial charge in [-0.3, -0.25) is 24.7 Å². The Labute approximate surface area is 139 Å². The molecule has 0 aliphatic carbocycles. The number of pyridine rings is 1. The predicted molar refractivity (Wildman–Crippen MR) is 88.3 cm³/mol. The first kappa shape index (κ1) is 15.9. The number of aromatic nitrogens is 1. The van der Waals surface area contributed by atoms with E-state index in [-0.39, 0.29) is 30.1 Å². The van der Waals surface area contributed by atoms with Crippen molar-refractivity contribution in [3.8, 4) is 0 Å². The van der Waals surface area contributed by atoms with E-state index in [1.165, 1.54) is 6.20 Å². The number of nitrogens with zero attached hydrogens (tertiary/aromatic N) is 1. The summed E-state index contributed by atoms with van der Waals surface area (Å²) in [6.45, 7) is 1.86. The van der Waals surface area contributed by atoms with Gasteiger partial charge in [0.1, 0.15) is 0 Å². The fourth-order valence-corrected chi connectivity index (χ4v) is 2.59. The van der Waals surface area contributed by atoms with E-state index in [9.17, 15) is 14.4 Å². The second-order valence-corrected chi connectivity index (χ2v) is 5.86. The van der Waals surface area contributed by atoms with Crippen molar-refractivity contribution < 1.29 is 14.4 Å². The molecule has 2 aromatic rings. The molecule has 1 atom stereocenters. The molecule has 3 rings (SSSR count). The molecule has 1 aromatic carbocycles. The number of hydrogen-bond acceptors (Lipinski definition) is 4. The smallest absolute Gasteiger partial charge is 0.257 e. The number of carbonyl (C=O) groups is 3. The zero-order chi connectivity index (χ0) is 17.1. The van der Waals surface area contributed by atoms with Crippen LogP contribution in [0.1, 0.15) is 28.0 Å². The molecule has 0 bridgehead atoms. The molecule has 122 valence electrons. The standard InChI is InChI=1S/C18H17N3O3/c1-11-2-5-13(10-19-11)17(23)20-15-6-3-12(4-7-15)8-14-9-16(22)21-18(14)24/h2-7,10,14H,8-9H2,1H3,(H,20,23)(H,21,22,24)/t14-/m1/s1. The Hall–Kier alpha value is -3.02. The van der Waals surface area contributed by atoms with Crippen LogP contribution in [0.2, 0.25) is 0 Å². The van der Waals surface area contributed by atoms with Crippen LogP contribution in [0.25, 0.3) is 0 Å². The SMILES string of the molecule is Cc1ccc(C(=O)Nc2ccc(C[C@@H]3CC(=O)NC3=O)cc2)cn1. The molecule has 1 saturated heterocycles. The minimum absolute atomic E-state index is 0.218. The molecule has 0 unspecified atom stereocenters. The van der Waals surface area contributed by atoms with Gasteiger partial charge in [0, 0.05) is 24.0 Å². The summed E-state index contributed by atoms with van der Waals surface area (Å²) in [5.41, 5.74) is 2.95. The first-order valence-corrected chi connectivity index (χ1v) is 7.68. The zero-order valence-electron chi connectivity index (χ0n) is 13.2. The van der Waals surface area contributed by atoms with Crippen molar-refractivity contribution in [1.29, 1.82) is 0 Å². The van der Waals surface area contributed by atoms with Crippen LogP contribution in [0, 0.1) is 12.8 Å². The second-order valence-electron chi connectivity index (χ2n) is 5.86. The molecule has 1 aromatic heterocycles. The number of carbonyl (C=O) groups excluding carboxylic acids is 3. The monoisotopic (exact) mass is 323 g/mol. The third kappa shape index (κ3) is 3.65. The maximum atomic E-state index is 12.1. The predicted octanol–water partition coefficient (Wildman–Crippen LogP) is 1.85. The lowest BCUT2D eigenvalue weighted by molar-refractivity contribution is -0.125. The van der Waals surface area contributed by atoms with Gasteiger partial charge in [-0.2, -0.15) is 0 Å². The normalized spacial score (nSPS) is 16.8. The molecule has 1 fully saturated rings. The average molecular weight is 323 g/mol. The van der Waals surface area contributed by atoms with Crippen molar-refractivity contribution >= 4 is 23.4 Å². The largest absolute Gasteiger partial charge is 0.322 e. The van der Waals surface area contributed by atoms with Gasteiger partial charge in [0.2, 0.25) is 11.8 Å². The van der Waals surface area contributed by atoms with Crippen LogP contribution in [-0.2, 0) is 16.0 Å². The number of benzene rings is 1. The first-order valence-electron chi connectivity index (χ1n) is 7.68. The van der Waals surface area contributed by atoms with Crippen molar-refractivity contribution in [2.45, 2.75) is 19.8 Å². The van der Waals surface area contributed by atoms with Crippen LogP contribution in [0.4, 0.5) is 5.69 Å². The zero-order valence-corrected chi connectivity index (χ0v) is 13.2. The fourth-order valence-electron chi connectivity index (χ4n) is 2.59. The van der Waals surface area contributed by atoms with Crippen molar-refractivity contribution in [3.05, 3.63) is 59.4 Å². The Kier molecular flexibility index (Phi) is 4.37. The van der Waals surface area contributed by atoms with E-state index in [2.05, 4.69) is 15.6 Å². The Bertz CT molecular complexity index is 782. The molecule has 0 spiro atoms. The van der Waals surface area contributed by atoms with E-state index in [1.807, 2.05) is 19.1 Å². The summed E-state index contributed by atoms with van der Waals surface area (Å²) in [5, 5.41) is 5.11. The number of aryl methyl sites for hydroxylation is 1. The third-order valence-corrected chi connectivity index (χ3v) is 3.93. The molecule has 0 saturated carbocycles.